The minimum Gasteiger partial charge on any atom is -0.289 e. The van der Waals surface area contributed by atoms with E-state index in [1.54, 1.807) is 48.6 Å². The molecule has 0 aromatic heterocycles. The molecule has 0 aliphatic heterocycles. The summed E-state index contributed by atoms with van der Waals surface area (Å²) in [7, 11) is 0. The van der Waals surface area contributed by atoms with Gasteiger partial charge in [0.05, 0.1) is 0 Å². The lowest BCUT2D eigenvalue weighted by Gasteiger charge is -2.01. The molecular weight excluding hydrogens is 400 g/mol. The van der Waals surface area contributed by atoms with Crippen molar-refractivity contribution in [3.05, 3.63) is 118 Å². The van der Waals surface area contributed by atoms with Gasteiger partial charge in [0.15, 0.2) is 11.6 Å². The van der Waals surface area contributed by atoms with Gasteiger partial charge in [-0.1, -0.05) is 88.7 Å². The van der Waals surface area contributed by atoms with E-state index in [1.165, 1.54) is 0 Å². The smallest absolute Gasteiger partial charge is 0.185 e. The monoisotopic (exact) mass is 416 g/mol. The van der Waals surface area contributed by atoms with Crippen LogP contribution in [0, 0.1) is 0 Å². The maximum absolute atomic E-state index is 12.2. The van der Waals surface area contributed by atoms with Gasteiger partial charge in [0.25, 0.3) is 0 Å². The van der Waals surface area contributed by atoms with Gasteiger partial charge in [-0.2, -0.15) is 0 Å². The first-order valence-electron chi connectivity index (χ1n) is 8.47. The largest absolute Gasteiger partial charge is 0.289 e. The Kier molecular flexibility index (Phi) is 6.29. The van der Waals surface area contributed by atoms with Crippen molar-refractivity contribution in [2.24, 2.45) is 0 Å². The summed E-state index contributed by atoms with van der Waals surface area (Å²) in [4.78, 5) is 24.4. The highest BCUT2D eigenvalue weighted by atomic mass is 79.9. The SMILES string of the molecule is O=C(/C=C/c1cc(Br)cc(/C=C/C(=O)c2ccccc2)c1)c1ccccc1. The molecule has 0 N–H and O–H groups in total. The van der Waals surface area contributed by atoms with E-state index < -0.39 is 0 Å². The van der Waals surface area contributed by atoms with Crippen molar-refractivity contribution in [2.45, 2.75) is 0 Å². The molecule has 3 aromatic carbocycles. The summed E-state index contributed by atoms with van der Waals surface area (Å²) in [6.45, 7) is 0. The fraction of sp³-hybridized carbons (Fsp3) is 0. The van der Waals surface area contributed by atoms with E-state index in [1.807, 2.05) is 54.6 Å². The van der Waals surface area contributed by atoms with Gasteiger partial charge in [0, 0.05) is 15.6 Å². The summed E-state index contributed by atoms with van der Waals surface area (Å²) < 4.78 is 0.878. The Morgan fingerprint density at radius 2 is 1.04 bits per heavy atom. The number of carbonyl (C=O) groups is 2. The van der Waals surface area contributed by atoms with Gasteiger partial charge in [-0.3, -0.25) is 9.59 Å². The third kappa shape index (κ3) is 5.47. The molecule has 0 bridgehead atoms. The Labute approximate surface area is 167 Å². The number of carbonyl (C=O) groups excluding carboxylic acids is 2. The maximum Gasteiger partial charge on any atom is 0.185 e. The van der Waals surface area contributed by atoms with Gasteiger partial charge in [0.1, 0.15) is 0 Å². The van der Waals surface area contributed by atoms with Crippen LogP contribution in [0.15, 0.2) is 95.5 Å². The van der Waals surface area contributed by atoms with Crippen molar-refractivity contribution < 1.29 is 9.59 Å². The van der Waals surface area contributed by atoms with E-state index in [9.17, 15) is 9.59 Å². The second-order valence-electron chi connectivity index (χ2n) is 5.95. The molecule has 0 atom stereocenters. The number of rotatable bonds is 6. The highest BCUT2D eigenvalue weighted by Gasteiger charge is 2.02. The molecule has 27 heavy (non-hydrogen) atoms. The molecule has 3 heteroatoms. The molecule has 0 aliphatic carbocycles. The quantitative estimate of drug-likeness (QED) is 0.351. The molecule has 132 valence electrons. The Balaban J connectivity index is 1.76. The molecule has 0 radical (unpaired) electrons. The van der Waals surface area contributed by atoms with Gasteiger partial charge in [-0.15, -0.1) is 0 Å². The highest BCUT2D eigenvalue weighted by Crippen LogP contribution is 2.19. The predicted octanol–water partition coefficient (Wildman–Crippen LogP) is 6.24. The zero-order valence-corrected chi connectivity index (χ0v) is 16.1. The summed E-state index contributed by atoms with van der Waals surface area (Å²) in [5.74, 6) is -0.0983. The van der Waals surface area contributed by atoms with E-state index in [0.717, 1.165) is 15.6 Å². The van der Waals surface area contributed by atoms with Crippen molar-refractivity contribution in [3.8, 4) is 0 Å². The fourth-order valence-electron chi connectivity index (χ4n) is 2.57. The van der Waals surface area contributed by atoms with Crippen LogP contribution in [0.3, 0.4) is 0 Å². The minimum atomic E-state index is -0.0491. The number of hydrogen-bond acceptors (Lipinski definition) is 2. The third-order valence-electron chi connectivity index (χ3n) is 3.91. The predicted molar refractivity (Wildman–Crippen MR) is 114 cm³/mol. The lowest BCUT2D eigenvalue weighted by Crippen LogP contribution is -1.93. The van der Waals surface area contributed by atoms with Crippen LogP contribution < -0.4 is 0 Å². The Hall–Kier alpha value is -3.04. The lowest BCUT2D eigenvalue weighted by molar-refractivity contribution is 0.103. The first kappa shape index (κ1) is 18.7. The van der Waals surface area contributed by atoms with Gasteiger partial charge in [-0.05, 0) is 41.5 Å². The van der Waals surface area contributed by atoms with Gasteiger partial charge < -0.3 is 0 Å². The van der Waals surface area contributed by atoms with Crippen LogP contribution in [0.2, 0.25) is 0 Å². The molecule has 0 fully saturated rings. The van der Waals surface area contributed by atoms with Crippen molar-refractivity contribution in [1.29, 1.82) is 0 Å². The van der Waals surface area contributed by atoms with Crippen LogP contribution >= 0.6 is 15.9 Å². The zero-order valence-electron chi connectivity index (χ0n) is 14.5. The molecular formula is C24H17BrO2. The Morgan fingerprint density at radius 3 is 1.44 bits per heavy atom. The van der Waals surface area contributed by atoms with E-state index in [2.05, 4.69) is 15.9 Å². The molecule has 0 aliphatic rings. The van der Waals surface area contributed by atoms with E-state index in [-0.39, 0.29) is 11.6 Å². The van der Waals surface area contributed by atoms with Crippen molar-refractivity contribution >= 4 is 39.6 Å². The van der Waals surface area contributed by atoms with Crippen molar-refractivity contribution in [2.75, 3.05) is 0 Å². The second-order valence-corrected chi connectivity index (χ2v) is 6.86. The fourth-order valence-corrected chi connectivity index (χ4v) is 3.10. The van der Waals surface area contributed by atoms with Crippen molar-refractivity contribution in [1.82, 2.24) is 0 Å². The molecule has 0 heterocycles. The van der Waals surface area contributed by atoms with Crippen LogP contribution in [0.4, 0.5) is 0 Å². The van der Waals surface area contributed by atoms with E-state index in [0.29, 0.717) is 11.1 Å². The molecule has 0 saturated carbocycles. The van der Waals surface area contributed by atoms with E-state index >= 15 is 0 Å². The number of halogens is 1. The van der Waals surface area contributed by atoms with Crippen LogP contribution in [-0.4, -0.2) is 11.6 Å². The Morgan fingerprint density at radius 1 is 0.630 bits per heavy atom. The van der Waals surface area contributed by atoms with Crippen LogP contribution in [0.5, 0.6) is 0 Å². The van der Waals surface area contributed by atoms with Gasteiger partial charge in [0.2, 0.25) is 0 Å². The second kappa shape index (κ2) is 9.06. The Bertz CT molecular complexity index is 923. The van der Waals surface area contributed by atoms with Gasteiger partial charge >= 0.3 is 0 Å². The summed E-state index contributed by atoms with van der Waals surface area (Å²) in [5.41, 5.74) is 3.05. The maximum atomic E-state index is 12.2. The molecule has 0 spiro atoms. The van der Waals surface area contributed by atoms with Crippen LogP contribution in [0.1, 0.15) is 31.8 Å². The standard InChI is InChI=1S/C24H17BrO2/c25-22-16-18(11-13-23(26)20-7-3-1-4-8-20)15-19(17-22)12-14-24(27)21-9-5-2-6-10-21/h1-17H/b13-11+,14-12+. The van der Waals surface area contributed by atoms with Crippen molar-refractivity contribution in [3.63, 3.8) is 0 Å². The number of allylic oxidation sites excluding steroid dienone is 2. The molecule has 0 saturated heterocycles. The number of ketones is 2. The first-order valence-corrected chi connectivity index (χ1v) is 9.27. The molecule has 0 amide bonds. The van der Waals surface area contributed by atoms with E-state index in [4.69, 9.17) is 0 Å². The first-order chi connectivity index (χ1) is 13.1. The number of hydrogen-bond donors (Lipinski definition) is 0. The summed E-state index contributed by atoms with van der Waals surface area (Å²) in [5, 5.41) is 0. The lowest BCUT2D eigenvalue weighted by atomic mass is 10.1. The topological polar surface area (TPSA) is 34.1 Å². The molecule has 3 aromatic rings. The zero-order chi connectivity index (χ0) is 19.1. The summed E-state index contributed by atoms with van der Waals surface area (Å²) in [6, 6.07) is 24.0. The molecule has 0 unspecified atom stereocenters. The molecule has 3 rings (SSSR count). The number of benzene rings is 3. The summed E-state index contributed by atoms with van der Waals surface area (Å²) in [6.07, 6.45) is 6.66. The third-order valence-corrected chi connectivity index (χ3v) is 4.37. The highest BCUT2D eigenvalue weighted by molar-refractivity contribution is 9.10. The summed E-state index contributed by atoms with van der Waals surface area (Å²) >= 11 is 3.48. The van der Waals surface area contributed by atoms with Gasteiger partial charge in [-0.25, -0.2) is 0 Å². The minimum absolute atomic E-state index is 0.0491. The molecule has 2 nitrogen and oxygen atoms in total. The normalized spacial score (nSPS) is 11.1. The average Bonchev–Trinajstić information content (AvgIpc) is 2.71. The van der Waals surface area contributed by atoms with Crippen LogP contribution in [-0.2, 0) is 0 Å². The van der Waals surface area contributed by atoms with Crippen LogP contribution in [0.25, 0.3) is 12.2 Å². The average molecular weight is 417 g/mol.